The zero-order valence-corrected chi connectivity index (χ0v) is 17.3. The lowest BCUT2D eigenvalue weighted by atomic mass is 10.0. The van der Waals surface area contributed by atoms with Gasteiger partial charge in [0.15, 0.2) is 0 Å². The van der Waals surface area contributed by atoms with E-state index in [9.17, 15) is 13.2 Å². The highest BCUT2D eigenvalue weighted by Gasteiger charge is 2.28. The Kier molecular flexibility index (Phi) is 5.87. The first-order chi connectivity index (χ1) is 14.0. The number of carbonyl (C=O) groups is 1. The number of nitrogens with one attached hydrogen (secondary N) is 1. The van der Waals surface area contributed by atoms with Crippen LogP contribution in [0.1, 0.15) is 36.0 Å². The normalized spacial score (nSPS) is 18.7. The molecule has 2 heterocycles. The first-order valence-corrected chi connectivity index (χ1v) is 11.7. The van der Waals surface area contributed by atoms with Crippen LogP contribution in [-0.4, -0.2) is 56.3 Å². The van der Waals surface area contributed by atoms with Gasteiger partial charge in [-0.3, -0.25) is 9.52 Å². The Morgan fingerprint density at radius 3 is 2.28 bits per heavy atom. The smallest absolute Gasteiger partial charge is 0.261 e. The highest BCUT2D eigenvalue weighted by atomic mass is 32.2. The zero-order chi connectivity index (χ0) is 20.3. The van der Waals surface area contributed by atoms with Gasteiger partial charge in [0.1, 0.15) is 0 Å². The molecule has 154 valence electrons. The van der Waals surface area contributed by atoms with Crippen LogP contribution in [0.15, 0.2) is 59.5 Å². The number of piperidine rings is 1. The van der Waals surface area contributed by atoms with Gasteiger partial charge in [-0.05, 0) is 69.1 Å². The molecule has 7 heteroatoms. The number of anilines is 1. The largest absolute Gasteiger partial charge is 0.339 e. The molecule has 0 unspecified atom stereocenters. The van der Waals surface area contributed by atoms with E-state index in [2.05, 4.69) is 9.62 Å². The summed E-state index contributed by atoms with van der Waals surface area (Å²) < 4.78 is 27.6. The van der Waals surface area contributed by atoms with Gasteiger partial charge < -0.3 is 9.80 Å². The highest BCUT2D eigenvalue weighted by molar-refractivity contribution is 7.92. The summed E-state index contributed by atoms with van der Waals surface area (Å²) in [5.41, 5.74) is 0.907. The molecule has 29 heavy (non-hydrogen) atoms. The molecule has 2 aliphatic heterocycles. The number of benzene rings is 2. The maximum absolute atomic E-state index is 13.0. The average molecular weight is 414 g/mol. The molecular weight excluding hydrogens is 386 g/mol. The van der Waals surface area contributed by atoms with Gasteiger partial charge in [-0.2, -0.15) is 0 Å². The van der Waals surface area contributed by atoms with E-state index < -0.39 is 10.0 Å². The zero-order valence-electron chi connectivity index (χ0n) is 16.5. The third-order valence-electron chi connectivity index (χ3n) is 5.82. The Hall–Kier alpha value is -2.38. The number of rotatable bonds is 5. The molecule has 2 saturated heterocycles. The SMILES string of the molecule is O=C(c1cccc(NS(=O)(=O)c2ccccc2)c1)N1CCC(N2CCCC2)CC1. The Labute approximate surface area is 172 Å². The molecule has 0 saturated carbocycles. The fourth-order valence-electron chi connectivity index (χ4n) is 4.25. The lowest BCUT2D eigenvalue weighted by Gasteiger charge is -2.36. The van der Waals surface area contributed by atoms with Crippen molar-refractivity contribution < 1.29 is 13.2 Å². The van der Waals surface area contributed by atoms with Gasteiger partial charge in [-0.25, -0.2) is 8.42 Å². The van der Waals surface area contributed by atoms with Crippen LogP contribution < -0.4 is 4.72 Å². The second-order valence-corrected chi connectivity index (χ2v) is 9.45. The number of likely N-dealkylation sites (tertiary alicyclic amines) is 2. The van der Waals surface area contributed by atoms with Crippen LogP contribution in [0.4, 0.5) is 5.69 Å². The standard InChI is InChI=1S/C22H27N3O3S/c26-22(25-15-11-20(12-16-25)24-13-4-5-14-24)18-7-6-8-19(17-18)23-29(27,28)21-9-2-1-3-10-21/h1-3,6-10,17,20,23H,4-5,11-16H2. The minimum absolute atomic E-state index is 0.0365. The van der Waals surface area contributed by atoms with E-state index in [1.54, 1.807) is 54.6 Å². The number of hydrogen-bond acceptors (Lipinski definition) is 4. The van der Waals surface area contributed by atoms with Crippen molar-refractivity contribution >= 4 is 21.6 Å². The van der Waals surface area contributed by atoms with Crippen LogP contribution in [0.5, 0.6) is 0 Å². The Bertz CT molecular complexity index is 948. The molecule has 0 aromatic heterocycles. The molecule has 0 radical (unpaired) electrons. The van der Waals surface area contributed by atoms with E-state index in [4.69, 9.17) is 0 Å². The van der Waals surface area contributed by atoms with E-state index in [1.165, 1.54) is 25.9 Å². The highest BCUT2D eigenvalue weighted by Crippen LogP contribution is 2.23. The topological polar surface area (TPSA) is 69.7 Å². The van der Waals surface area contributed by atoms with Crippen molar-refractivity contribution in [1.29, 1.82) is 0 Å². The first-order valence-electron chi connectivity index (χ1n) is 10.2. The number of nitrogens with zero attached hydrogens (tertiary/aromatic N) is 2. The van der Waals surface area contributed by atoms with Crippen LogP contribution in [-0.2, 0) is 10.0 Å². The van der Waals surface area contributed by atoms with Crippen LogP contribution in [0.3, 0.4) is 0 Å². The average Bonchev–Trinajstić information content (AvgIpc) is 3.29. The lowest BCUT2D eigenvalue weighted by molar-refractivity contribution is 0.0644. The Balaban J connectivity index is 1.41. The summed E-state index contributed by atoms with van der Waals surface area (Å²) in [5.74, 6) is -0.0365. The number of amides is 1. The van der Waals surface area contributed by atoms with E-state index in [-0.39, 0.29) is 10.8 Å². The van der Waals surface area contributed by atoms with Crippen LogP contribution in [0, 0.1) is 0 Å². The van der Waals surface area contributed by atoms with Gasteiger partial charge in [0.2, 0.25) is 0 Å². The van der Waals surface area contributed by atoms with Gasteiger partial charge in [0, 0.05) is 30.4 Å². The molecule has 2 aromatic rings. The summed E-state index contributed by atoms with van der Waals surface area (Å²) in [4.78, 5) is 17.6. The van der Waals surface area contributed by atoms with Crippen molar-refractivity contribution in [3.63, 3.8) is 0 Å². The van der Waals surface area contributed by atoms with Crippen molar-refractivity contribution in [2.75, 3.05) is 30.9 Å². The van der Waals surface area contributed by atoms with Crippen molar-refractivity contribution in [1.82, 2.24) is 9.80 Å². The minimum atomic E-state index is -3.68. The maximum Gasteiger partial charge on any atom is 0.261 e. The van der Waals surface area contributed by atoms with Gasteiger partial charge >= 0.3 is 0 Å². The predicted molar refractivity (Wildman–Crippen MR) is 113 cm³/mol. The molecule has 0 bridgehead atoms. The summed E-state index contributed by atoms with van der Waals surface area (Å²) in [6.07, 6.45) is 4.58. The molecule has 6 nitrogen and oxygen atoms in total. The van der Waals surface area contributed by atoms with Gasteiger partial charge in [0.05, 0.1) is 4.90 Å². The molecule has 0 spiro atoms. The minimum Gasteiger partial charge on any atom is -0.339 e. The molecule has 1 amide bonds. The molecule has 0 aliphatic carbocycles. The van der Waals surface area contributed by atoms with Crippen LogP contribution >= 0.6 is 0 Å². The molecule has 2 fully saturated rings. The molecular formula is C22H27N3O3S. The summed E-state index contributed by atoms with van der Waals surface area (Å²) in [7, 11) is -3.68. The first kappa shape index (κ1) is 19.9. The van der Waals surface area contributed by atoms with E-state index >= 15 is 0 Å². The summed E-state index contributed by atoms with van der Waals surface area (Å²) in [6.45, 7) is 3.87. The molecule has 1 N–H and O–H groups in total. The van der Waals surface area contributed by atoms with Crippen molar-refractivity contribution in [3.8, 4) is 0 Å². The van der Waals surface area contributed by atoms with Crippen LogP contribution in [0.2, 0.25) is 0 Å². The Morgan fingerprint density at radius 1 is 0.897 bits per heavy atom. The third-order valence-corrected chi connectivity index (χ3v) is 7.22. The molecule has 4 rings (SSSR count). The fourth-order valence-corrected chi connectivity index (χ4v) is 5.32. The Morgan fingerprint density at radius 2 is 1.59 bits per heavy atom. The second-order valence-electron chi connectivity index (χ2n) is 7.77. The second kappa shape index (κ2) is 8.55. The van der Waals surface area contributed by atoms with Crippen molar-refractivity contribution in [2.45, 2.75) is 36.6 Å². The van der Waals surface area contributed by atoms with E-state index in [0.717, 1.165) is 25.9 Å². The monoisotopic (exact) mass is 413 g/mol. The summed E-state index contributed by atoms with van der Waals surface area (Å²) >= 11 is 0. The third kappa shape index (κ3) is 4.62. The fraction of sp³-hybridized carbons (Fsp3) is 0.409. The maximum atomic E-state index is 13.0. The predicted octanol–water partition coefficient (Wildman–Crippen LogP) is 3.19. The number of hydrogen-bond donors (Lipinski definition) is 1. The summed E-state index contributed by atoms with van der Waals surface area (Å²) in [5, 5.41) is 0. The van der Waals surface area contributed by atoms with Crippen molar-refractivity contribution in [2.24, 2.45) is 0 Å². The van der Waals surface area contributed by atoms with Gasteiger partial charge in [-0.1, -0.05) is 24.3 Å². The lowest BCUT2D eigenvalue weighted by Crippen LogP contribution is -2.45. The van der Waals surface area contributed by atoms with Gasteiger partial charge in [-0.15, -0.1) is 0 Å². The van der Waals surface area contributed by atoms with Crippen LogP contribution in [0.25, 0.3) is 0 Å². The number of sulfonamides is 1. The van der Waals surface area contributed by atoms with E-state index in [0.29, 0.717) is 17.3 Å². The van der Waals surface area contributed by atoms with E-state index in [1.807, 2.05) is 4.90 Å². The molecule has 2 aliphatic rings. The summed E-state index contributed by atoms with van der Waals surface area (Å²) in [6, 6.07) is 15.6. The van der Waals surface area contributed by atoms with Gasteiger partial charge in [0.25, 0.3) is 15.9 Å². The number of carbonyl (C=O) groups excluding carboxylic acids is 1. The molecule has 2 aromatic carbocycles. The quantitative estimate of drug-likeness (QED) is 0.817. The van der Waals surface area contributed by atoms with Crippen molar-refractivity contribution in [3.05, 3.63) is 60.2 Å². The molecule has 0 atom stereocenters.